The standard InChI is InChI=1S/C18H23N5O2/c1-2-3-4-9-21-11-12-22(18(25)17(21)24)14-15-6-7-16(13-19-15)23-10-5-8-20-23/h5-8,10,13H,2-4,9,11-12,14H2,1H3. The number of amides is 2. The summed E-state index contributed by atoms with van der Waals surface area (Å²) in [6, 6.07) is 5.61. The molecule has 7 heteroatoms. The van der Waals surface area contributed by atoms with E-state index in [1.807, 2.05) is 24.4 Å². The van der Waals surface area contributed by atoms with Gasteiger partial charge in [0, 0.05) is 32.0 Å². The number of unbranched alkanes of at least 4 members (excludes halogenated alkanes) is 2. The summed E-state index contributed by atoms with van der Waals surface area (Å²) in [5, 5.41) is 4.15. The molecule has 0 aromatic carbocycles. The van der Waals surface area contributed by atoms with Crippen molar-refractivity contribution < 1.29 is 9.59 Å². The summed E-state index contributed by atoms with van der Waals surface area (Å²) in [4.78, 5) is 32.2. The number of pyridine rings is 1. The van der Waals surface area contributed by atoms with E-state index in [1.54, 1.807) is 26.9 Å². The molecule has 0 aliphatic carbocycles. The van der Waals surface area contributed by atoms with Crippen LogP contribution < -0.4 is 0 Å². The van der Waals surface area contributed by atoms with Gasteiger partial charge in [0.1, 0.15) is 0 Å². The van der Waals surface area contributed by atoms with Gasteiger partial charge in [-0.15, -0.1) is 0 Å². The Kier molecular flexibility index (Phi) is 5.42. The Bertz CT molecular complexity index is 712. The van der Waals surface area contributed by atoms with Crippen LogP contribution in [0.1, 0.15) is 31.9 Å². The molecule has 1 fully saturated rings. The van der Waals surface area contributed by atoms with E-state index in [0.717, 1.165) is 30.6 Å². The van der Waals surface area contributed by atoms with Crippen molar-refractivity contribution in [2.24, 2.45) is 0 Å². The summed E-state index contributed by atoms with van der Waals surface area (Å²) >= 11 is 0. The second kappa shape index (κ2) is 7.92. The zero-order valence-corrected chi connectivity index (χ0v) is 14.5. The van der Waals surface area contributed by atoms with Crippen molar-refractivity contribution in [1.82, 2.24) is 24.6 Å². The molecule has 0 unspecified atom stereocenters. The smallest absolute Gasteiger partial charge is 0.312 e. The van der Waals surface area contributed by atoms with Crippen LogP contribution in [0.25, 0.3) is 5.69 Å². The molecular formula is C18H23N5O2. The van der Waals surface area contributed by atoms with Crippen molar-refractivity contribution in [1.29, 1.82) is 0 Å². The Morgan fingerprint density at radius 1 is 1.08 bits per heavy atom. The largest absolute Gasteiger partial charge is 0.333 e. The predicted molar refractivity (Wildman–Crippen MR) is 92.9 cm³/mol. The lowest BCUT2D eigenvalue weighted by molar-refractivity contribution is -0.156. The van der Waals surface area contributed by atoms with Gasteiger partial charge < -0.3 is 9.80 Å². The molecule has 0 radical (unpaired) electrons. The fourth-order valence-corrected chi connectivity index (χ4v) is 2.89. The molecule has 1 aliphatic heterocycles. The first-order valence-electron chi connectivity index (χ1n) is 8.72. The van der Waals surface area contributed by atoms with Crippen molar-refractivity contribution in [2.45, 2.75) is 32.7 Å². The summed E-state index contributed by atoms with van der Waals surface area (Å²) < 4.78 is 1.72. The first-order chi connectivity index (χ1) is 12.2. The highest BCUT2D eigenvalue weighted by Crippen LogP contribution is 2.12. The van der Waals surface area contributed by atoms with Gasteiger partial charge in [0.2, 0.25) is 0 Å². The molecule has 0 saturated carbocycles. The first-order valence-corrected chi connectivity index (χ1v) is 8.72. The highest BCUT2D eigenvalue weighted by atomic mass is 16.2. The van der Waals surface area contributed by atoms with Crippen molar-refractivity contribution in [3.8, 4) is 5.69 Å². The molecule has 132 valence electrons. The highest BCUT2D eigenvalue weighted by molar-refractivity contribution is 6.35. The van der Waals surface area contributed by atoms with Crippen molar-refractivity contribution in [3.05, 3.63) is 42.5 Å². The minimum absolute atomic E-state index is 0.354. The molecule has 3 heterocycles. The quantitative estimate of drug-likeness (QED) is 0.567. The third-order valence-electron chi connectivity index (χ3n) is 4.36. The van der Waals surface area contributed by atoms with Crippen molar-refractivity contribution in [2.75, 3.05) is 19.6 Å². The number of piperazine rings is 1. The van der Waals surface area contributed by atoms with Crippen molar-refractivity contribution >= 4 is 11.8 Å². The summed E-state index contributed by atoms with van der Waals surface area (Å²) in [6.07, 6.45) is 8.40. The van der Waals surface area contributed by atoms with Gasteiger partial charge in [0.15, 0.2) is 0 Å². The fraction of sp³-hybridized carbons (Fsp3) is 0.444. The second-order valence-electron chi connectivity index (χ2n) is 6.18. The number of hydrogen-bond donors (Lipinski definition) is 0. The molecule has 0 spiro atoms. The zero-order valence-electron chi connectivity index (χ0n) is 14.5. The Hall–Kier alpha value is -2.70. The van der Waals surface area contributed by atoms with E-state index in [1.165, 1.54) is 0 Å². The Morgan fingerprint density at radius 2 is 1.88 bits per heavy atom. The SMILES string of the molecule is CCCCCN1CCN(Cc2ccc(-n3cccn3)cn2)C(=O)C1=O. The van der Waals surface area contributed by atoms with E-state index in [4.69, 9.17) is 0 Å². The second-order valence-corrected chi connectivity index (χ2v) is 6.18. The van der Waals surface area contributed by atoms with Crippen LogP contribution in [0, 0.1) is 0 Å². The number of carbonyl (C=O) groups is 2. The summed E-state index contributed by atoms with van der Waals surface area (Å²) in [7, 11) is 0. The molecule has 3 rings (SSSR count). The van der Waals surface area contributed by atoms with Gasteiger partial charge in [-0.05, 0) is 24.6 Å². The average Bonchev–Trinajstić information content (AvgIpc) is 3.16. The van der Waals surface area contributed by atoms with E-state index in [0.29, 0.717) is 26.2 Å². The maximum Gasteiger partial charge on any atom is 0.312 e. The average molecular weight is 341 g/mol. The van der Waals surface area contributed by atoms with E-state index in [2.05, 4.69) is 17.0 Å². The molecule has 0 bridgehead atoms. The monoisotopic (exact) mass is 341 g/mol. The molecule has 0 atom stereocenters. The number of rotatable bonds is 7. The third-order valence-corrected chi connectivity index (χ3v) is 4.36. The lowest BCUT2D eigenvalue weighted by atomic mass is 10.2. The number of nitrogens with zero attached hydrogens (tertiary/aromatic N) is 5. The minimum Gasteiger partial charge on any atom is -0.333 e. The third kappa shape index (κ3) is 4.04. The Morgan fingerprint density at radius 3 is 2.56 bits per heavy atom. The van der Waals surface area contributed by atoms with Crippen LogP contribution in [0.4, 0.5) is 0 Å². The summed E-state index contributed by atoms with van der Waals surface area (Å²) in [5.41, 5.74) is 1.62. The molecule has 7 nitrogen and oxygen atoms in total. The van der Waals surface area contributed by atoms with E-state index >= 15 is 0 Å². The Labute approximate surface area is 147 Å². The van der Waals surface area contributed by atoms with Gasteiger partial charge >= 0.3 is 11.8 Å². The van der Waals surface area contributed by atoms with E-state index in [9.17, 15) is 9.59 Å². The lowest BCUT2D eigenvalue weighted by Crippen LogP contribution is -2.54. The topological polar surface area (TPSA) is 71.3 Å². The predicted octanol–water partition coefficient (Wildman–Crippen LogP) is 1.63. The van der Waals surface area contributed by atoms with Crippen molar-refractivity contribution in [3.63, 3.8) is 0 Å². The van der Waals surface area contributed by atoms with Crippen LogP contribution in [0.5, 0.6) is 0 Å². The number of carbonyl (C=O) groups excluding carboxylic acids is 2. The zero-order chi connectivity index (χ0) is 17.6. The van der Waals surface area contributed by atoms with Gasteiger partial charge in [0.05, 0.1) is 24.1 Å². The molecule has 2 aromatic heterocycles. The molecular weight excluding hydrogens is 318 g/mol. The van der Waals surface area contributed by atoms with Crippen LogP contribution in [-0.4, -0.2) is 56.0 Å². The van der Waals surface area contributed by atoms with Gasteiger partial charge in [-0.2, -0.15) is 5.10 Å². The van der Waals surface area contributed by atoms with Gasteiger partial charge in [0.25, 0.3) is 0 Å². The molecule has 25 heavy (non-hydrogen) atoms. The summed E-state index contributed by atoms with van der Waals surface area (Å²) in [5.74, 6) is -0.823. The molecule has 0 N–H and O–H groups in total. The molecule has 1 aliphatic rings. The first kappa shape index (κ1) is 17.1. The highest BCUT2D eigenvalue weighted by Gasteiger charge is 2.32. The van der Waals surface area contributed by atoms with Gasteiger partial charge in [-0.25, -0.2) is 4.68 Å². The molecule has 1 saturated heterocycles. The van der Waals surface area contributed by atoms with Crippen LogP contribution in [0.15, 0.2) is 36.8 Å². The summed E-state index contributed by atoms with van der Waals surface area (Å²) in [6.45, 7) is 4.30. The lowest BCUT2D eigenvalue weighted by Gasteiger charge is -2.33. The maximum absolute atomic E-state index is 12.3. The minimum atomic E-state index is -0.430. The maximum atomic E-state index is 12.3. The molecule has 2 amide bonds. The molecule has 2 aromatic rings. The van der Waals surface area contributed by atoms with E-state index < -0.39 is 11.8 Å². The van der Waals surface area contributed by atoms with E-state index in [-0.39, 0.29) is 0 Å². The van der Waals surface area contributed by atoms with Crippen LogP contribution >= 0.6 is 0 Å². The Balaban J connectivity index is 1.58. The fourth-order valence-electron chi connectivity index (χ4n) is 2.89. The van der Waals surface area contributed by atoms with Gasteiger partial charge in [-0.3, -0.25) is 14.6 Å². The van der Waals surface area contributed by atoms with Crippen LogP contribution in [0.2, 0.25) is 0 Å². The normalized spacial score (nSPS) is 15.1. The van der Waals surface area contributed by atoms with Crippen LogP contribution in [0.3, 0.4) is 0 Å². The van der Waals surface area contributed by atoms with Gasteiger partial charge in [-0.1, -0.05) is 19.8 Å². The van der Waals surface area contributed by atoms with Crippen LogP contribution in [-0.2, 0) is 16.1 Å². The number of hydrogen-bond acceptors (Lipinski definition) is 4. The number of aromatic nitrogens is 3.